The van der Waals surface area contributed by atoms with E-state index in [2.05, 4.69) is 17.0 Å². The van der Waals surface area contributed by atoms with Crippen LogP contribution in [0.2, 0.25) is 5.02 Å². The highest BCUT2D eigenvalue weighted by molar-refractivity contribution is 6.30. The quantitative estimate of drug-likeness (QED) is 0.873. The molecule has 1 aromatic carbocycles. The third-order valence-electron chi connectivity index (χ3n) is 3.62. The van der Waals surface area contributed by atoms with Crippen molar-refractivity contribution in [3.63, 3.8) is 0 Å². The molecule has 1 fully saturated rings. The molecule has 0 aliphatic carbocycles. The second-order valence-corrected chi connectivity index (χ2v) is 5.26. The molecule has 1 atom stereocenters. The number of nitrogens with zero attached hydrogens (tertiary/aromatic N) is 1. The Morgan fingerprint density at radius 1 is 1.18 bits per heavy atom. The zero-order valence-electron chi connectivity index (χ0n) is 10.2. The summed E-state index contributed by atoms with van der Waals surface area (Å²) in [6, 6.07) is 8.11. The van der Waals surface area contributed by atoms with Crippen LogP contribution in [0, 0.1) is 0 Å². The van der Waals surface area contributed by atoms with Gasteiger partial charge in [0.1, 0.15) is 0 Å². The molecule has 3 heteroatoms. The molecule has 17 heavy (non-hydrogen) atoms. The Hall–Kier alpha value is -0.570. The number of likely N-dealkylation sites (tertiary alicyclic amines) is 1. The summed E-state index contributed by atoms with van der Waals surface area (Å²) in [6.07, 6.45) is 3.86. The fourth-order valence-corrected chi connectivity index (χ4v) is 2.63. The van der Waals surface area contributed by atoms with Gasteiger partial charge >= 0.3 is 0 Å². The van der Waals surface area contributed by atoms with Crippen LogP contribution in [0.15, 0.2) is 24.3 Å². The van der Waals surface area contributed by atoms with E-state index in [4.69, 9.17) is 17.3 Å². The van der Waals surface area contributed by atoms with Crippen LogP contribution in [-0.2, 0) is 0 Å². The average molecular weight is 253 g/mol. The molecular formula is C14H21ClN2. The van der Waals surface area contributed by atoms with Crippen molar-refractivity contribution in [3.8, 4) is 0 Å². The molecule has 2 N–H and O–H groups in total. The van der Waals surface area contributed by atoms with Crippen LogP contribution in [0.5, 0.6) is 0 Å². The summed E-state index contributed by atoms with van der Waals surface area (Å²) in [6.45, 7) is 4.41. The van der Waals surface area contributed by atoms with E-state index in [0.29, 0.717) is 5.92 Å². The maximum absolute atomic E-state index is 5.90. The number of rotatable bonds is 5. The minimum atomic E-state index is 0.466. The minimum absolute atomic E-state index is 0.466. The highest BCUT2D eigenvalue weighted by Gasteiger charge is 2.15. The first-order valence-corrected chi connectivity index (χ1v) is 6.85. The van der Waals surface area contributed by atoms with Crippen LogP contribution in [0.25, 0.3) is 0 Å². The predicted octanol–water partition coefficient (Wildman–Crippen LogP) is 2.87. The van der Waals surface area contributed by atoms with Gasteiger partial charge in [0.25, 0.3) is 0 Å². The highest BCUT2D eigenvalue weighted by Crippen LogP contribution is 2.22. The maximum atomic E-state index is 5.90. The van der Waals surface area contributed by atoms with Crippen LogP contribution >= 0.6 is 11.6 Å². The standard InChI is InChI=1S/C14H21ClN2/c15-14-5-3-12(4-6-14)13(11-16)7-10-17-8-1-2-9-17/h3-6,13H,1-2,7-11,16H2/t13-/m0/s1. The van der Waals surface area contributed by atoms with Crippen molar-refractivity contribution < 1.29 is 0 Å². The van der Waals surface area contributed by atoms with Gasteiger partial charge in [0.05, 0.1) is 0 Å². The van der Waals surface area contributed by atoms with E-state index in [1.165, 1.54) is 38.0 Å². The van der Waals surface area contributed by atoms with E-state index < -0.39 is 0 Å². The van der Waals surface area contributed by atoms with Gasteiger partial charge in [-0.1, -0.05) is 23.7 Å². The van der Waals surface area contributed by atoms with Crippen LogP contribution in [-0.4, -0.2) is 31.1 Å². The lowest BCUT2D eigenvalue weighted by molar-refractivity contribution is 0.322. The summed E-state index contributed by atoms with van der Waals surface area (Å²) in [7, 11) is 0. The summed E-state index contributed by atoms with van der Waals surface area (Å²) in [5, 5.41) is 0.795. The van der Waals surface area contributed by atoms with Crippen LogP contribution in [0.3, 0.4) is 0 Å². The van der Waals surface area contributed by atoms with Crippen molar-refractivity contribution in [1.29, 1.82) is 0 Å². The molecule has 0 spiro atoms. The molecule has 0 saturated carbocycles. The van der Waals surface area contributed by atoms with Crippen molar-refractivity contribution in [2.45, 2.75) is 25.2 Å². The number of hydrogen-bond acceptors (Lipinski definition) is 2. The molecule has 1 aliphatic heterocycles. The van der Waals surface area contributed by atoms with E-state index in [0.717, 1.165) is 18.0 Å². The Kier molecular flexibility index (Phi) is 4.84. The van der Waals surface area contributed by atoms with Crippen molar-refractivity contribution in [2.75, 3.05) is 26.2 Å². The van der Waals surface area contributed by atoms with Gasteiger partial charge in [-0.3, -0.25) is 0 Å². The Morgan fingerprint density at radius 2 is 1.82 bits per heavy atom. The van der Waals surface area contributed by atoms with Gasteiger partial charge in [0.15, 0.2) is 0 Å². The first-order chi connectivity index (χ1) is 8.29. The zero-order valence-corrected chi connectivity index (χ0v) is 11.0. The van der Waals surface area contributed by atoms with E-state index in [1.807, 2.05) is 12.1 Å². The SMILES string of the molecule is NC[C@H](CCN1CCCC1)c1ccc(Cl)cc1. The first kappa shape index (κ1) is 12.9. The fraction of sp³-hybridized carbons (Fsp3) is 0.571. The minimum Gasteiger partial charge on any atom is -0.330 e. The average Bonchev–Trinajstić information content (AvgIpc) is 2.85. The maximum Gasteiger partial charge on any atom is 0.0406 e. The molecule has 2 nitrogen and oxygen atoms in total. The Bertz CT molecular complexity index is 331. The largest absolute Gasteiger partial charge is 0.330 e. The predicted molar refractivity (Wildman–Crippen MR) is 73.5 cm³/mol. The molecule has 0 bridgehead atoms. The van der Waals surface area contributed by atoms with Gasteiger partial charge in [-0.2, -0.15) is 0 Å². The molecule has 0 radical (unpaired) electrons. The third-order valence-corrected chi connectivity index (χ3v) is 3.87. The molecule has 1 aliphatic rings. The van der Waals surface area contributed by atoms with Crippen molar-refractivity contribution in [2.24, 2.45) is 5.73 Å². The summed E-state index contributed by atoms with van der Waals surface area (Å²) < 4.78 is 0. The van der Waals surface area contributed by atoms with Crippen LogP contribution in [0.1, 0.15) is 30.7 Å². The fourth-order valence-electron chi connectivity index (χ4n) is 2.50. The van der Waals surface area contributed by atoms with Crippen LogP contribution in [0.4, 0.5) is 0 Å². The lowest BCUT2D eigenvalue weighted by Crippen LogP contribution is -2.24. The molecule has 2 rings (SSSR count). The van der Waals surface area contributed by atoms with E-state index in [1.54, 1.807) is 0 Å². The molecule has 0 amide bonds. The second-order valence-electron chi connectivity index (χ2n) is 4.82. The summed E-state index contributed by atoms with van der Waals surface area (Å²) in [5.41, 5.74) is 7.19. The van der Waals surface area contributed by atoms with Crippen molar-refractivity contribution in [3.05, 3.63) is 34.9 Å². The Balaban J connectivity index is 1.89. The Labute approximate surface area is 109 Å². The number of hydrogen-bond donors (Lipinski definition) is 1. The van der Waals surface area contributed by atoms with Crippen molar-refractivity contribution >= 4 is 11.6 Å². The lowest BCUT2D eigenvalue weighted by Gasteiger charge is -2.20. The molecule has 94 valence electrons. The van der Waals surface area contributed by atoms with E-state index in [9.17, 15) is 0 Å². The van der Waals surface area contributed by atoms with Crippen LogP contribution < -0.4 is 5.73 Å². The molecule has 1 saturated heterocycles. The summed E-state index contributed by atoms with van der Waals surface area (Å²) in [4.78, 5) is 2.54. The molecule has 0 aromatic heterocycles. The summed E-state index contributed by atoms with van der Waals surface area (Å²) in [5.74, 6) is 0.466. The van der Waals surface area contributed by atoms with E-state index >= 15 is 0 Å². The molecule has 1 aromatic rings. The Morgan fingerprint density at radius 3 is 2.41 bits per heavy atom. The zero-order chi connectivity index (χ0) is 12.1. The second kappa shape index (κ2) is 6.39. The molecular weight excluding hydrogens is 232 g/mol. The molecule has 0 unspecified atom stereocenters. The summed E-state index contributed by atoms with van der Waals surface area (Å²) >= 11 is 5.90. The van der Waals surface area contributed by atoms with Gasteiger partial charge in [0, 0.05) is 5.02 Å². The van der Waals surface area contributed by atoms with Crippen molar-refractivity contribution in [1.82, 2.24) is 4.90 Å². The lowest BCUT2D eigenvalue weighted by atomic mass is 9.96. The number of halogens is 1. The van der Waals surface area contributed by atoms with Gasteiger partial charge in [0.2, 0.25) is 0 Å². The normalized spacial score (nSPS) is 18.5. The third kappa shape index (κ3) is 3.70. The topological polar surface area (TPSA) is 29.3 Å². The molecule has 1 heterocycles. The highest BCUT2D eigenvalue weighted by atomic mass is 35.5. The van der Waals surface area contributed by atoms with Gasteiger partial charge in [-0.25, -0.2) is 0 Å². The number of benzene rings is 1. The van der Waals surface area contributed by atoms with Gasteiger partial charge in [-0.05, 0) is 69.1 Å². The smallest absolute Gasteiger partial charge is 0.0406 e. The first-order valence-electron chi connectivity index (χ1n) is 6.47. The number of nitrogens with two attached hydrogens (primary N) is 1. The van der Waals surface area contributed by atoms with E-state index in [-0.39, 0.29) is 0 Å². The monoisotopic (exact) mass is 252 g/mol. The van der Waals surface area contributed by atoms with Gasteiger partial charge in [-0.15, -0.1) is 0 Å². The van der Waals surface area contributed by atoms with Gasteiger partial charge < -0.3 is 10.6 Å².